The third kappa shape index (κ3) is 1.77. The highest BCUT2D eigenvalue weighted by atomic mass is 32.2. The molecule has 3 nitrogen and oxygen atoms in total. The molecule has 2 aliphatic heterocycles. The van der Waals surface area contributed by atoms with E-state index in [-0.39, 0.29) is 17.4 Å². The van der Waals surface area contributed by atoms with Gasteiger partial charge in [-0.05, 0) is 31.0 Å². The molecule has 2 heterocycles. The maximum absolute atomic E-state index is 11.4. The quantitative estimate of drug-likeness (QED) is 0.552. The largest absolute Gasteiger partial charge is 0.306 e. The normalized spacial score (nSPS) is 23.7. The predicted octanol–water partition coefficient (Wildman–Crippen LogP) is 1.50. The molecule has 0 aromatic carbocycles. The maximum atomic E-state index is 11.4. The Morgan fingerprint density at radius 3 is 3.00 bits per heavy atom. The number of allylic oxidation sites excluding steroid dienone is 1. The lowest BCUT2D eigenvalue weighted by molar-refractivity contribution is -0.132. The van der Waals surface area contributed by atoms with Crippen molar-refractivity contribution < 1.29 is 9.59 Å². The first kappa shape index (κ1) is 8.81. The zero-order chi connectivity index (χ0) is 9.26. The van der Waals surface area contributed by atoms with Crippen molar-refractivity contribution in [1.29, 1.82) is 0 Å². The molecule has 2 rings (SSSR count). The lowest BCUT2D eigenvalue weighted by Gasteiger charge is -2.26. The first-order chi connectivity index (χ1) is 6.27. The average molecular weight is 197 g/mol. The van der Waals surface area contributed by atoms with Gasteiger partial charge in [0.15, 0.2) is 0 Å². The van der Waals surface area contributed by atoms with Crippen molar-refractivity contribution in [2.75, 3.05) is 6.54 Å². The molecule has 0 unspecified atom stereocenters. The number of carbonyl (C=O) groups excluding carboxylic acids is 2. The molecule has 0 aliphatic carbocycles. The standard InChI is InChI=1S/C9H11NO2S/c11-7-6-9(12)13-8-4-2-1-3-5-10(7)8/h4H,1-3,5-6H2. The number of hydrogen-bond donors (Lipinski definition) is 0. The minimum absolute atomic E-state index is 0.0191. The van der Waals surface area contributed by atoms with E-state index >= 15 is 0 Å². The van der Waals surface area contributed by atoms with Crippen LogP contribution >= 0.6 is 11.8 Å². The second-order valence-corrected chi connectivity index (χ2v) is 4.31. The van der Waals surface area contributed by atoms with Crippen molar-refractivity contribution in [1.82, 2.24) is 4.90 Å². The van der Waals surface area contributed by atoms with E-state index in [0.717, 1.165) is 30.8 Å². The minimum atomic E-state index is -0.0306. The van der Waals surface area contributed by atoms with Crippen LogP contribution in [0.25, 0.3) is 0 Å². The third-order valence-corrected chi connectivity index (χ3v) is 3.20. The topological polar surface area (TPSA) is 37.4 Å². The number of hydrogen-bond acceptors (Lipinski definition) is 3. The predicted molar refractivity (Wildman–Crippen MR) is 50.9 cm³/mol. The van der Waals surface area contributed by atoms with Gasteiger partial charge >= 0.3 is 0 Å². The number of rotatable bonds is 0. The van der Waals surface area contributed by atoms with Crippen molar-refractivity contribution in [2.24, 2.45) is 0 Å². The molecule has 0 aromatic heterocycles. The summed E-state index contributed by atoms with van der Waals surface area (Å²) in [4.78, 5) is 24.3. The molecule has 2 aliphatic rings. The fourth-order valence-corrected chi connectivity index (χ4v) is 2.51. The van der Waals surface area contributed by atoms with Gasteiger partial charge < -0.3 is 4.90 Å². The summed E-state index contributed by atoms with van der Waals surface area (Å²) in [5, 5.41) is 0.841. The SMILES string of the molecule is O=C1CC(=O)N2CCCCC=C2S1. The third-order valence-electron chi connectivity index (χ3n) is 2.24. The zero-order valence-electron chi connectivity index (χ0n) is 7.28. The molecule has 4 heteroatoms. The molecule has 1 amide bonds. The number of fused-ring (bicyclic) bond motifs is 1. The summed E-state index contributed by atoms with van der Waals surface area (Å²) in [6.07, 6.45) is 5.22. The Hall–Kier alpha value is -0.770. The molecule has 0 aromatic rings. The van der Waals surface area contributed by atoms with Crippen LogP contribution < -0.4 is 0 Å². The number of amides is 1. The van der Waals surface area contributed by atoms with Gasteiger partial charge in [0.05, 0.1) is 11.4 Å². The first-order valence-electron chi connectivity index (χ1n) is 4.48. The van der Waals surface area contributed by atoms with Gasteiger partial charge in [-0.25, -0.2) is 0 Å². The summed E-state index contributed by atoms with van der Waals surface area (Å²) >= 11 is 1.21. The van der Waals surface area contributed by atoms with Crippen LogP contribution in [0.3, 0.4) is 0 Å². The van der Waals surface area contributed by atoms with Gasteiger partial charge in [0, 0.05) is 6.54 Å². The van der Waals surface area contributed by atoms with Crippen molar-refractivity contribution in [3.05, 3.63) is 11.1 Å². The molecule has 70 valence electrons. The molecule has 0 saturated carbocycles. The van der Waals surface area contributed by atoms with E-state index in [1.165, 1.54) is 11.8 Å². The molecule has 1 fully saturated rings. The summed E-state index contributed by atoms with van der Waals surface area (Å²) in [7, 11) is 0. The molecule has 0 spiro atoms. The zero-order valence-corrected chi connectivity index (χ0v) is 8.10. The van der Waals surface area contributed by atoms with Crippen LogP contribution in [0.1, 0.15) is 25.7 Å². The van der Waals surface area contributed by atoms with Gasteiger partial charge in [0.2, 0.25) is 11.0 Å². The fourth-order valence-electron chi connectivity index (χ4n) is 1.58. The molecule has 0 bridgehead atoms. The van der Waals surface area contributed by atoms with Crippen LogP contribution in [0, 0.1) is 0 Å². The summed E-state index contributed by atoms with van der Waals surface area (Å²) in [6.45, 7) is 0.783. The molecule has 0 radical (unpaired) electrons. The Balaban J connectivity index is 2.23. The number of thioether (sulfide) groups is 1. The van der Waals surface area contributed by atoms with Crippen LogP contribution in [0.4, 0.5) is 0 Å². The van der Waals surface area contributed by atoms with E-state index < -0.39 is 0 Å². The van der Waals surface area contributed by atoms with E-state index in [9.17, 15) is 9.59 Å². The highest BCUT2D eigenvalue weighted by Gasteiger charge is 2.29. The Labute approximate surface area is 81.2 Å². The van der Waals surface area contributed by atoms with Gasteiger partial charge in [-0.15, -0.1) is 0 Å². The molecular formula is C9H11NO2S. The van der Waals surface area contributed by atoms with Crippen molar-refractivity contribution >= 4 is 22.8 Å². The molecule has 0 atom stereocenters. The van der Waals surface area contributed by atoms with Gasteiger partial charge in [-0.3, -0.25) is 9.59 Å². The Morgan fingerprint density at radius 2 is 2.15 bits per heavy atom. The molecule has 0 N–H and O–H groups in total. The Morgan fingerprint density at radius 1 is 1.31 bits per heavy atom. The lowest BCUT2D eigenvalue weighted by atomic mass is 10.2. The molecule has 1 saturated heterocycles. The second kappa shape index (κ2) is 3.54. The first-order valence-corrected chi connectivity index (χ1v) is 5.30. The van der Waals surface area contributed by atoms with Gasteiger partial charge in [0.25, 0.3) is 0 Å². The monoisotopic (exact) mass is 197 g/mol. The fraction of sp³-hybridized carbons (Fsp3) is 0.556. The van der Waals surface area contributed by atoms with Crippen LogP contribution in [-0.4, -0.2) is 22.5 Å². The van der Waals surface area contributed by atoms with Crippen LogP contribution in [-0.2, 0) is 9.59 Å². The maximum Gasteiger partial charge on any atom is 0.235 e. The van der Waals surface area contributed by atoms with E-state index in [2.05, 4.69) is 0 Å². The van der Waals surface area contributed by atoms with E-state index in [1.807, 2.05) is 6.08 Å². The van der Waals surface area contributed by atoms with E-state index in [0.29, 0.717) is 0 Å². The average Bonchev–Trinajstić information content (AvgIpc) is 2.28. The number of nitrogens with zero attached hydrogens (tertiary/aromatic N) is 1. The van der Waals surface area contributed by atoms with Gasteiger partial charge in [0.1, 0.15) is 0 Å². The lowest BCUT2D eigenvalue weighted by Crippen LogP contribution is -2.34. The van der Waals surface area contributed by atoms with Crippen molar-refractivity contribution in [3.8, 4) is 0 Å². The summed E-state index contributed by atoms with van der Waals surface area (Å²) in [6, 6.07) is 0. The van der Waals surface area contributed by atoms with Gasteiger partial charge in [-0.2, -0.15) is 0 Å². The Bertz CT molecular complexity index is 285. The number of carbonyl (C=O) groups is 2. The molecule has 13 heavy (non-hydrogen) atoms. The summed E-state index contributed by atoms with van der Waals surface area (Å²) in [5.74, 6) is -0.0306. The highest BCUT2D eigenvalue weighted by molar-refractivity contribution is 8.17. The van der Waals surface area contributed by atoms with E-state index in [4.69, 9.17) is 0 Å². The highest BCUT2D eigenvalue weighted by Crippen LogP contribution is 2.31. The Kier molecular flexibility index (Phi) is 2.40. The molecular weight excluding hydrogens is 186 g/mol. The smallest absolute Gasteiger partial charge is 0.235 e. The summed E-state index contributed by atoms with van der Waals surface area (Å²) in [5.41, 5.74) is 0. The van der Waals surface area contributed by atoms with Crippen LogP contribution in [0.15, 0.2) is 11.1 Å². The van der Waals surface area contributed by atoms with E-state index in [1.54, 1.807) is 4.90 Å². The van der Waals surface area contributed by atoms with Crippen molar-refractivity contribution in [3.63, 3.8) is 0 Å². The van der Waals surface area contributed by atoms with Crippen molar-refractivity contribution in [2.45, 2.75) is 25.7 Å². The second-order valence-electron chi connectivity index (χ2n) is 3.23. The van der Waals surface area contributed by atoms with Crippen LogP contribution in [0.5, 0.6) is 0 Å². The minimum Gasteiger partial charge on any atom is -0.306 e. The van der Waals surface area contributed by atoms with Gasteiger partial charge in [-0.1, -0.05) is 6.08 Å². The van der Waals surface area contributed by atoms with Crippen LogP contribution in [0.2, 0.25) is 0 Å². The summed E-state index contributed by atoms with van der Waals surface area (Å²) < 4.78 is 0.